The molecule has 1 amide bonds. The largest absolute Gasteiger partial charge is 0.348 e. The third-order valence-electron chi connectivity index (χ3n) is 5.74. The fourth-order valence-electron chi connectivity index (χ4n) is 4.04. The van der Waals surface area contributed by atoms with Gasteiger partial charge in [0.1, 0.15) is 12.4 Å². The van der Waals surface area contributed by atoms with Crippen molar-refractivity contribution >= 4 is 21.6 Å². The predicted octanol–water partition coefficient (Wildman–Crippen LogP) is 4.39. The fraction of sp³-hybridized carbons (Fsp3) is 0.240. The maximum atomic E-state index is 14.6. The SMILES string of the molecule is C[C@H](NC(=O)CN(c1ccccc1F)S(=O)(=O)c1ccccc1)c1ccc2c(c1)CCC2. The van der Waals surface area contributed by atoms with Crippen LogP contribution < -0.4 is 9.62 Å². The first-order chi connectivity index (χ1) is 15.4. The van der Waals surface area contributed by atoms with Gasteiger partial charge in [0.15, 0.2) is 0 Å². The second kappa shape index (κ2) is 9.12. The van der Waals surface area contributed by atoms with Gasteiger partial charge in [0.05, 0.1) is 16.6 Å². The highest BCUT2D eigenvalue weighted by Gasteiger charge is 2.29. The number of aryl methyl sites for hydroxylation is 2. The molecule has 4 rings (SSSR count). The van der Waals surface area contributed by atoms with E-state index in [-0.39, 0.29) is 16.6 Å². The molecule has 32 heavy (non-hydrogen) atoms. The number of fused-ring (bicyclic) bond motifs is 1. The molecule has 7 heteroatoms. The molecule has 1 atom stereocenters. The number of hydrogen-bond donors (Lipinski definition) is 1. The number of para-hydroxylation sites is 1. The van der Waals surface area contributed by atoms with E-state index in [2.05, 4.69) is 17.4 Å². The Morgan fingerprint density at radius 3 is 2.44 bits per heavy atom. The van der Waals surface area contributed by atoms with Crippen molar-refractivity contribution in [1.82, 2.24) is 5.32 Å². The summed E-state index contributed by atoms with van der Waals surface area (Å²) in [6.07, 6.45) is 3.24. The molecule has 0 saturated heterocycles. The summed E-state index contributed by atoms with van der Waals surface area (Å²) in [5.41, 5.74) is 3.43. The lowest BCUT2D eigenvalue weighted by Gasteiger charge is -2.25. The second-order valence-electron chi connectivity index (χ2n) is 7.95. The minimum absolute atomic E-state index is 0.0114. The van der Waals surface area contributed by atoms with Crippen molar-refractivity contribution in [3.05, 3.63) is 95.3 Å². The second-order valence-corrected chi connectivity index (χ2v) is 9.81. The number of halogens is 1. The topological polar surface area (TPSA) is 66.5 Å². The van der Waals surface area contributed by atoms with E-state index in [4.69, 9.17) is 0 Å². The Morgan fingerprint density at radius 2 is 1.69 bits per heavy atom. The number of nitrogens with zero attached hydrogens (tertiary/aromatic N) is 1. The smallest absolute Gasteiger partial charge is 0.264 e. The highest BCUT2D eigenvalue weighted by Crippen LogP contribution is 2.27. The van der Waals surface area contributed by atoms with Gasteiger partial charge in [-0.05, 0) is 67.1 Å². The van der Waals surface area contributed by atoms with Crippen LogP contribution in [0.4, 0.5) is 10.1 Å². The Morgan fingerprint density at radius 1 is 1.00 bits per heavy atom. The van der Waals surface area contributed by atoms with Crippen molar-refractivity contribution in [2.24, 2.45) is 0 Å². The van der Waals surface area contributed by atoms with Gasteiger partial charge in [-0.1, -0.05) is 48.5 Å². The van der Waals surface area contributed by atoms with Crippen LogP contribution in [0.25, 0.3) is 0 Å². The summed E-state index contributed by atoms with van der Waals surface area (Å²) in [5.74, 6) is -1.23. The third kappa shape index (κ3) is 4.53. The molecular formula is C25H25FN2O3S. The summed E-state index contributed by atoms with van der Waals surface area (Å²) in [6, 6.07) is 19.1. The molecule has 0 aromatic heterocycles. The first kappa shape index (κ1) is 22.0. The lowest BCUT2D eigenvalue weighted by atomic mass is 10.0. The molecule has 166 valence electrons. The van der Waals surface area contributed by atoms with E-state index in [9.17, 15) is 17.6 Å². The van der Waals surface area contributed by atoms with Gasteiger partial charge in [0.2, 0.25) is 5.91 Å². The molecule has 3 aromatic rings. The zero-order valence-electron chi connectivity index (χ0n) is 17.8. The minimum Gasteiger partial charge on any atom is -0.348 e. The van der Waals surface area contributed by atoms with Crippen molar-refractivity contribution in [2.75, 3.05) is 10.8 Å². The van der Waals surface area contributed by atoms with Gasteiger partial charge in [-0.3, -0.25) is 9.10 Å². The van der Waals surface area contributed by atoms with Crippen LogP contribution in [0, 0.1) is 5.82 Å². The maximum absolute atomic E-state index is 14.6. The molecule has 5 nitrogen and oxygen atoms in total. The van der Waals surface area contributed by atoms with Crippen LogP contribution in [-0.2, 0) is 27.7 Å². The van der Waals surface area contributed by atoms with Crippen LogP contribution in [0.3, 0.4) is 0 Å². The number of carbonyl (C=O) groups is 1. The number of amides is 1. The average Bonchev–Trinajstić information content (AvgIpc) is 3.26. The molecule has 0 heterocycles. The maximum Gasteiger partial charge on any atom is 0.264 e. The van der Waals surface area contributed by atoms with Crippen molar-refractivity contribution in [3.8, 4) is 0 Å². The molecule has 1 aliphatic carbocycles. The fourth-order valence-corrected chi connectivity index (χ4v) is 5.49. The van der Waals surface area contributed by atoms with Gasteiger partial charge in [-0.2, -0.15) is 0 Å². The summed E-state index contributed by atoms with van der Waals surface area (Å²) in [4.78, 5) is 12.9. The van der Waals surface area contributed by atoms with E-state index in [1.165, 1.54) is 47.5 Å². The van der Waals surface area contributed by atoms with Gasteiger partial charge in [-0.15, -0.1) is 0 Å². The number of rotatable bonds is 7. The Labute approximate surface area is 187 Å². The molecule has 0 unspecified atom stereocenters. The third-order valence-corrected chi connectivity index (χ3v) is 7.51. The Hall–Kier alpha value is -3.19. The lowest BCUT2D eigenvalue weighted by molar-refractivity contribution is -0.120. The molecule has 0 saturated carbocycles. The number of carbonyl (C=O) groups excluding carboxylic acids is 1. The van der Waals surface area contributed by atoms with E-state index in [0.29, 0.717) is 0 Å². The average molecular weight is 453 g/mol. The zero-order valence-corrected chi connectivity index (χ0v) is 18.6. The first-order valence-electron chi connectivity index (χ1n) is 10.6. The van der Waals surface area contributed by atoms with Crippen LogP contribution in [-0.4, -0.2) is 20.9 Å². The Balaban J connectivity index is 1.58. The van der Waals surface area contributed by atoms with Crippen molar-refractivity contribution in [3.63, 3.8) is 0 Å². The van der Waals surface area contributed by atoms with E-state index in [0.717, 1.165) is 29.1 Å². The van der Waals surface area contributed by atoms with Gasteiger partial charge in [0, 0.05) is 0 Å². The molecule has 0 radical (unpaired) electrons. The van der Waals surface area contributed by atoms with E-state index < -0.39 is 28.3 Å². The Kier molecular flexibility index (Phi) is 6.28. The quantitative estimate of drug-likeness (QED) is 0.578. The molecular weight excluding hydrogens is 427 g/mol. The standard InChI is InChI=1S/C25H25FN2O3S/c1-18(20-15-14-19-8-7-9-21(19)16-20)27-25(29)17-28(24-13-6-5-12-23(24)26)32(30,31)22-10-3-2-4-11-22/h2-6,10-16,18H,7-9,17H2,1H3,(H,27,29)/t18-/m0/s1. The number of nitrogens with one attached hydrogen (secondary N) is 1. The molecule has 0 bridgehead atoms. The molecule has 1 aliphatic rings. The summed E-state index contributed by atoms with van der Waals surface area (Å²) in [7, 11) is -4.15. The summed E-state index contributed by atoms with van der Waals surface area (Å²) < 4.78 is 41.9. The van der Waals surface area contributed by atoms with Crippen LogP contribution in [0.1, 0.15) is 36.1 Å². The Bertz CT molecular complexity index is 1230. The van der Waals surface area contributed by atoms with Crippen LogP contribution in [0.15, 0.2) is 77.7 Å². The zero-order chi connectivity index (χ0) is 22.7. The molecule has 0 aliphatic heterocycles. The van der Waals surface area contributed by atoms with Gasteiger partial charge < -0.3 is 5.32 Å². The van der Waals surface area contributed by atoms with Gasteiger partial charge >= 0.3 is 0 Å². The van der Waals surface area contributed by atoms with Crippen molar-refractivity contribution in [1.29, 1.82) is 0 Å². The van der Waals surface area contributed by atoms with Crippen LogP contribution in [0.2, 0.25) is 0 Å². The van der Waals surface area contributed by atoms with Crippen molar-refractivity contribution in [2.45, 2.75) is 37.1 Å². The summed E-state index contributed by atoms with van der Waals surface area (Å²) in [5, 5.41) is 2.86. The molecule has 0 fully saturated rings. The number of sulfonamides is 1. The molecule has 3 aromatic carbocycles. The number of hydrogen-bond acceptors (Lipinski definition) is 3. The van der Waals surface area contributed by atoms with Crippen LogP contribution >= 0.6 is 0 Å². The highest BCUT2D eigenvalue weighted by atomic mass is 32.2. The van der Waals surface area contributed by atoms with Crippen molar-refractivity contribution < 1.29 is 17.6 Å². The van der Waals surface area contributed by atoms with E-state index >= 15 is 0 Å². The summed E-state index contributed by atoms with van der Waals surface area (Å²) in [6.45, 7) is 1.32. The first-order valence-corrected chi connectivity index (χ1v) is 12.0. The molecule has 0 spiro atoms. The number of benzene rings is 3. The minimum atomic E-state index is -4.15. The summed E-state index contributed by atoms with van der Waals surface area (Å²) >= 11 is 0. The van der Waals surface area contributed by atoms with Crippen LogP contribution in [0.5, 0.6) is 0 Å². The van der Waals surface area contributed by atoms with Gasteiger partial charge in [-0.25, -0.2) is 12.8 Å². The normalized spacial score (nSPS) is 13.9. The lowest BCUT2D eigenvalue weighted by Crippen LogP contribution is -2.42. The van der Waals surface area contributed by atoms with E-state index in [1.807, 2.05) is 13.0 Å². The predicted molar refractivity (Wildman–Crippen MR) is 122 cm³/mol. The molecule has 1 N–H and O–H groups in total. The van der Waals surface area contributed by atoms with Gasteiger partial charge in [0.25, 0.3) is 10.0 Å². The monoisotopic (exact) mass is 452 g/mol. The van der Waals surface area contributed by atoms with E-state index in [1.54, 1.807) is 18.2 Å². The highest BCUT2D eigenvalue weighted by molar-refractivity contribution is 7.92. The number of anilines is 1.